The molecule has 35 heavy (non-hydrogen) atoms. The molecular formula is C26H28FN7O. The molecule has 1 fully saturated rings. The van der Waals surface area contributed by atoms with Crippen molar-refractivity contribution in [3.63, 3.8) is 0 Å². The van der Waals surface area contributed by atoms with Gasteiger partial charge in [-0.05, 0) is 55.7 Å². The van der Waals surface area contributed by atoms with E-state index in [4.69, 9.17) is 5.73 Å². The highest BCUT2D eigenvalue weighted by Crippen LogP contribution is 2.30. The number of anilines is 3. The second-order valence-corrected chi connectivity index (χ2v) is 9.68. The van der Waals surface area contributed by atoms with Crippen molar-refractivity contribution in [2.24, 2.45) is 5.73 Å². The number of fused-ring (bicyclic) bond motifs is 1. The Morgan fingerprint density at radius 2 is 2.03 bits per heavy atom. The summed E-state index contributed by atoms with van der Waals surface area (Å²) in [6, 6.07) is 10.5. The molecule has 0 spiro atoms. The zero-order chi connectivity index (χ0) is 24.7. The number of carbonyl (C=O) groups excluding carboxylic acids is 1. The Hall–Kier alpha value is -3.85. The van der Waals surface area contributed by atoms with E-state index in [1.165, 1.54) is 6.07 Å². The van der Waals surface area contributed by atoms with Gasteiger partial charge in [0.1, 0.15) is 5.82 Å². The summed E-state index contributed by atoms with van der Waals surface area (Å²) >= 11 is 0. The smallest absolute Gasteiger partial charge is 0.228 e. The number of benzene rings is 1. The highest BCUT2D eigenvalue weighted by atomic mass is 19.1. The first-order valence-corrected chi connectivity index (χ1v) is 11.7. The molecule has 9 heteroatoms. The highest BCUT2D eigenvalue weighted by molar-refractivity contribution is 5.95. The molecule has 8 nitrogen and oxygen atoms in total. The molecule has 1 aliphatic rings. The maximum absolute atomic E-state index is 15.0. The SMILES string of the molecule is CC(C)c1cnn2ccc(-c3ccnc(Nc4ccc(N5CCC(C)(N)CC5=O)cc4F)n3)cc12. The van der Waals surface area contributed by atoms with Crippen LogP contribution in [0.5, 0.6) is 0 Å². The molecule has 4 aromatic rings. The summed E-state index contributed by atoms with van der Waals surface area (Å²) in [5, 5.41) is 7.37. The third-order valence-corrected chi connectivity index (χ3v) is 6.40. The number of hydrogen-bond acceptors (Lipinski definition) is 6. The van der Waals surface area contributed by atoms with Crippen LogP contribution in [0.2, 0.25) is 0 Å². The Bertz CT molecular complexity index is 1410. The van der Waals surface area contributed by atoms with Crippen molar-refractivity contribution >= 4 is 28.7 Å². The number of aromatic nitrogens is 4. The van der Waals surface area contributed by atoms with Crippen LogP contribution in [-0.4, -0.2) is 37.6 Å². The molecule has 0 aliphatic carbocycles. The fourth-order valence-corrected chi connectivity index (χ4v) is 4.37. The summed E-state index contributed by atoms with van der Waals surface area (Å²) in [5.41, 5.74) is 10.1. The summed E-state index contributed by atoms with van der Waals surface area (Å²) < 4.78 is 16.8. The molecule has 0 radical (unpaired) electrons. The van der Waals surface area contributed by atoms with Gasteiger partial charge in [-0.3, -0.25) is 4.79 Å². The van der Waals surface area contributed by atoms with Gasteiger partial charge >= 0.3 is 0 Å². The average molecular weight is 474 g/mol. The Labute approximate surface area is 203 Å². The van der Waals surface area contributed by atoms with Crippen molar-refractivity contribution in [3.8, 4) is 11.3 Å². The standard InChI is InChI=1S/C26H28FN7O/c1-16(2)19-15-30-34-10-7-17(12-23(19)34)21-6-9-29-25(31-21)32-22-5-4-18(13-20(22)27)33-11-8-26(3,28)14-24(33)35/h4-7,9-10,12-13,15-16H,8,11,14,28H2,1-3H3,(H,29,31,32). The van der Waals surface area contributed by atoms with Crippen molar-refractivity contribution in [2.75, 3.05) is 16.8 Å². The Morgan fingerprint density at radius 3 is 2.77 bits per heavy atom. The van der Waals surface area contributed by atoms with Crippen LogP contribution < -0.4 is 16.0 Å². The minimum atomic E-state index is -0.519. The minimum Gasteiger partial charge on any atom is -0.325 e. The van der Waals surface area contributed by atoms with E-state index in [-0.39, 0.29) is 24.0 Å². The molecule has 1 atom stereocenters. The van der Waals surface area contributed by atoms with Crippen molar-refractivity contribution in [1.82, 2.24) is 19.6 Å². The molecule has 1 aliphatic heterocycles. The number of piperidine rings is 1. The number of nitrogens with one attached hydrogen (secondary N) is 1. The van der Waals surface area contributed by atoms with E-state index in [0.29, 0.717) is 30.3 Å². The second-order valence-electron chi connectivity index (χ2n) is 9.68. The zero-order valence-electron chi connectivity index (χ0n) is 20.0. The number of amides is 1. The van der Waals surface area contributed by atoms with Gasteiger partial charge in [-0.2, -0.15) is 5.10 Å². The van der Waals surface area contributed by atoms with Crippen molar-refractivity contribution < 1.29 is 9.18 Å². The van der Waals surface area contributed by atoms with Gasteiger partial charge in [-0.25, -0.2) is 18.9 Å². The van der Waals surface area contributed by atoms with Gasteiger partial charge in [0.25, 0.3) is 0 Å². The normalized spacial score (nSPS) is 18.5. The van der Waals surface area contributed by atoms with E-state index in [1.807, 2.05) is 42.0 Å². The molecule has 0 bridgehead atoms. The van der Waals surface area contributed by atoms with Gasteiger partial charge < -0.3 is 16.0 Å². The van der Waals surface area contributed by atoms with Crippen LogP contribution in [0.25, 0.3) is 16.8 Å². The number of hydrogen-bond donors (Lipinski definition) is 2. The molecule has 0 saturated carbocycles. The van der Waals surface area contributed by atoms with Gasteiger partial charge in [0.05, 0.1) is 23.1 Å². The van der Waals surface area contributed by atoms with Crippen LogP contribution >= 0.6 is 0 Å². The molecule has 1 unspecified atom stereocenters. The Kier molecular flexibility index (Phi) is 5.72. The lowest BCUT2D eigenvalue weighted by molar-refractivity contribution is -0.120. The van der Waals surface area contributed by atoms with Crippen molar-refractivity contribution in [3.05, 3.63) is 66.4 Å². The van der Waals surface area contributed by atoms with Crippen molar-refractivity contribution in [2.45, 2.75) is 45.1 Å². The first-order chi connectivity index (χ1) is 16.7. The fourth-order valence-electron chi connectivity index (χ4n) is 4.37. The van der Waals surface area contributed by atoms with Gasteiger partial charge in [-0.15, -0.1) is 0 Å². The van der Waals surface area contributed by atoms with Gasteiger partial charge in [0.15, 0.2) is 0 Å². The molecule has 1 amide bonds. The predicted molar refractivity (Wildman–Crippen MR) is 134 cm³/mol. The molecule has 1 aromatic carbocycles. The molecule has 4 heterocycles. The summed E-state index contributed by atoms with van der Waals surface area (Å²) in [5.74, 6) is 0.0248. The number of rotatable bonds is 5. The van der Waals surface area contributed by atoms with Gasteiger partial charge in [0.2, 0.25) is 11.9 Å². The van der Waals surface area contributed by atoms with Crippen LogP contribution in [0.3, 0.4) is 0 Å². The van der Waals surface area contributed by atoms with E-state index in [1.54, 1.807) is 23.2 Å². The number of nitrogens with two attached hydrogens (primary N) is 1. The third-order valence-electron chi connectivity index (χ3n) is 6.40. The predicted octanol–water partition coefficient (Wildman–Crippen LogP) is 4.64. The summed E-state index contributed by atoms with van der Waals surface area (Å²) in [4.78, 5) is 22.9. The third kappa shape index (κ3) is 4.59. The lowest BCUT2D eigenvalue weighted by Gasteiger charge is -2.36. The molecule has 5 rings (SSSR count). The lowest BCUT2D eigenvalue weighted by atomic mass is 9.90. The lowest BCUT2D eigenvalue weighted by Crippen LogP contribution is -2.51. The number of halogens is 1. The van der Waals surface area contributed by atoms with Crippen LogP contribution in [0, 0.1) is 5.82 Å². The number of pyridine rings is 1. The number of carbonyl (C=O) groups is 1. The largest absolute Gasteiger partial charge is 0.325 e. The monoisotopic (exact) mass is 473 g/mol. The Balaban J connectivity index is 1.38. The molecule has 180 valence electrons. The first kappa shape index (κ1) is 22.9. The summed E-state index contributed by atoms with van der Waals surface area (Å²) in [6.07, 6.45) is 6.31. The number of nitrogens with zero attached hydrogens (tertiary/aromatic N) is 5. The first-order valence-electron chi connectivity index (χ1n) is 11.7. The maximum Gasteiger partial charge on any atom is 0.228 e. The average Bonchev–Trinajstić information content (AvgIpc) is 3.24. The molecule has 3 aromatic heterocycles. The molecule has 1 saturated heterocycles. The van der Waals surface area contributed by atoms with E-state index >= 15 is 0 Å². The Morgan fingerprint density at radius 1 is 1.20 bits per heavy atom. The van der Waals surface area contributed by atoms with Crippen LogP contribution in [0.15, 0.2) is 55.0 Å². The van der Waals surface area contributed by atoms with E-state index < -0.39 is 11.4 Å². The van der Waals surface area contributed by atoms with Crippen LogP contribution in [-0.2, 0) is 4.79 Å². The van der Waals surface area contributed by atoms with E-state index in [0.717, 1.165) is 16.6 Å². The van der Waals surface area contributed by atoms with Crippen molar-refractivity contribution in [1.29, 1.82) is 0 Å². The zero-order valence-corrected chi connectivity index (χ0v) is 20.0. The van der Waals surface area contributed by atoms with E-state index in [2.05, 4.69) is 34.2 Å². The van der Waals surface area contributed by atoms with Gasteiger partial charge in [-0.1, -0.05) is 13.8 Å². The quantitative estimate of drug-likeness (QED) is 0.438. The topological polar surface area (TPSA) is 101 Å². The van der Waals surface area contributed by atoms with Crippen LogP contribution in [0.4, 0.5) is 21.7 Å². The maximum atomic E-state index is 15.0. The fraction of sp³-hybridized carbons (Fsp3) is 0.308. The highest BCUT2D eigenvalue weighted by Gasteiger charge is 2.32. The molecule has 3 N–H and O–H groups in total. The second kappa shape index (κ2) is 8.74. The summed E-state index contributed by atoms with van der Waals surface area (Å²) in [6.45, 7) is 6.59. The minimum absolute atomic E-state index is 0.104. The molecular weight excluding hydrogens is 445 g/mol. The van der Waals surface area contributed by atoms with E-state index in [9.17, 15) is 9.18 Å². The van der Waals surface area contributed by atoms with Gasteiger partial charge in [0, 0.05) is 47.7 Å². The van der Waals surface area contributed by atoms with Crippen LogP contribution in [0.1, 0.15) is 45.1 Å². The summed E-state index contributed by atoms with van der Waals surface area (Å²) in [7, 11) is 0.